The number of aromatic carboxylic acids is 1. The summed E-state index contributed by atoms with van der Waals surface area (Å²) in [5, 5.41) is 7.66. The first-order valence-corrected chi connectivity index (χ1v) is 3.68. The number of carboxylic acid groups (broad SMARTS) is 1. The van der Waals surface area contributed by atoms with E-state index in [0.717, 1.165) is 0 Å². The average Bonchev–Trinajstić information content (AvgIpc) is 2.07. The second-order valence-electron chi connectivity index (χ2n) is 2.30. The van der Waals surface area contributed by atoms with Gasteiger partial charge in [-0.25, -0.2) is 22.9 Å². The molecule has 0 aliphatic carbocycles. The van der Waals surface area contributed by atoms with Gasteiger partial charge in [0.05, 0.1) is 5.56 Å². The molecule has 1 heterocycles. The zero-order valence-corrected chi connectivity index (χ0v) is 7.23. The van der Waals surface area contributed by atoms with Crippen LogP contribution in [0.3, 0.4) is 0 Å². The van der Waals surface area contributed by atoms with Crippen LogP contribution < -0.4 is 0 Å². The Morgan fingerprint density at radius 2 is 2.14 bits per heavy atom. The van der Waals surface area contributed by atoms with Crippen molar-refractivity contribution in [2.75, 3.05) is 0 Å². The van der Waals surface area contributed by atoms with Crippen molar-refractivity contribution in [3.8, 4) is 0 Å². The van der Waals surface area contributed by atoms with Gasteiger partial charge in [0.2, 0.25) is 0 Å². The highest BCUT2D eigenvalue weighted by Gasteiger charge is 2.20. The van der Waals surface area contributed by atoms with E-state index in [1.54, 1.807) is 0 Å². The fourth-order valence-electron chi connectivity index (χ4n) is 0.784. The zero-order valence-electron chi connectivity index (χ0n) is 6.47. The van der Waals surface area contributed by atoms with E-state index < -0.39 is 34.6 Å². The van der Waals surface area contributed by atoms with Crippen LogP contribution in [0.4, 0.5) is 13.2 Å². The predicted octanol–water partition coefficient (Wildman–Crippen LogP) is 2.51. The first-order valence-electron chi connectivity index (χ1n) is 3.31. The molecule has 0 aliphatic rings. The topological polar surface area (TPSA) is 50.2 Å². The van der Waals surface area contributed by atoms with Crippen LogP contribution >= 0.6 is 11.6 Å². The number of rotatable bonds is 2. The molecule has 7 heteroatoms. The number of alkyl halides is 2. The van der Waals surface area contributed by atoms with Crippen molar-refractivity contribution in [3.05, 3.63) is 28.3 Å². The molecule has 0 fully saturated rings. The van der Waals surface area contributed by atoms with Crippen molar-refractivity contribution in [3.63, 3.8) is 0 Å². The monoisotopic (exact) mass is 225 g/mol. The van der Waals surface area contributed by atoms with E-state index in [2.05, 4.69) is 4.98 Å². The Hall–Kier alpha value is -1.30. The number of halogens is 4. The highest BCUT2D eigenvalue weighted by atomic mass is 35.5. The molecule has 0 amide bonds. The summed E-state index contributed by atoms with van der Waals surface area (Å²) in [5.74, 6) is -3.00. The third-order valence-corrected chi connectivity index (χ3v) is 1.70. The van der Waals surface area contributed by atoms with Crippen molar-refractivity contribution in [1.29, 1.82) is 0 Å². The Morgan fingerprint density at radius 3 is 2.57 bits per heavy atom. The maximum absolute atomic E-state index is 12.8. The van der Waals surface area contributed by atoms with Crippen LogP contribution in [-0.4, -0.2) is 16.1 Å². The van der Waals surface area contributed by atoms with Crippen LogP contribution in [0.5, 0.6) is 0 Å². The van der Waals surface area contributed by atoms with Crippen molar-refractivity contribution < 1.29 is 23.1 Å². The van der Waals surface area contributed by atoms with Crippen LogP contribution in [-0.2, 0) is 0 Å². The summed E-state index contributed by atoms with van der Waals surface area (Å²) in [5.41, 5.74) is -1.80. The molecule has 0 radical (unpaired) electrons. The van der Waals surface area contributed by atoms with Gasteiger partial charge in [0, 0.05) is 0 Å². The first kappa shape index (κ1) is 10.8. The minimum atomic E-state index is -2.99. The van der Waals surface area contributed by atoms with E-state index in [-0.39, 0.29) is 0 Å². The summed E-state index contributed by atoms with van der Waals surface area (Å²) < 4.78 is 37.0. The molecule has 0 saturated carbocycles. The van der Waals surface area contributed by atoms with Gasteiger partial charge in [0.15, 0.2) is 11.5 Å². The molecular formula is C7H3ClF3NO2. The number of hydrogen-bond donors (Lipinski definition) is 1. The lowest BCUT2D eigenvalue weighted by atomic mass is 10.2. The van der Waals surface area contributed by atoms with E-state index in [1.807, 2.05) is 0 Å². The standard InChI is InChI=1S/C7H3ClF3NO2/c8-5-2(6(10)11)1-3(9)4(12-5)7(13)14/h1,6H,(H,13,14). The third-order valence-electron chi connectivity index (χ3n) is 1.39. The average molecular weight is 226 g/mol. The molecule has 76 valence electrons. The van der Waals surface area contributed by atoms with Gasteiger partial charge < -0.3 is 5.11 Å². The Morgan fingerprint density at radius 1 is 1.57 bits per heavy atom. The molecule has 1 N–H and O–H groups in total. The van der Waals surface area contributed by atoms with Gasteiger partial charge in [-0.05, 0) is 6.07 Å². The van der Waals surface area contributed by atoms with Crippen LogP contribution in [0, 0.1) is 5.82 Å². The number of carboxylic acids is 1. The van der Waals surface area contributed by atoms with Crippen LogP contribution in [0.15, 0.2) is 6.07 Å². The molecular weight excluding hydrogens is 223 g/mol. The summed E-state index contributed by atoms with van der Waals surface area (Å²) in [4.78, 5) is 13.3. The Bertz CT molecular complexity index is 383. The highest BCUT2D eigenvalue weighted by molar-refractivity contribution is 6.30. The quantitative estimate of drug-likeness (QED) is 0.787. The molecule has 0 aliphatic heterocycles. The number of aromatic nitrogens is 1. The van der Waals surface area contributed by atoms with Gasteiger partial charge in [-0.2, -0.15) is 0 Å². The molecule has 3 nitrogen and oxygen atoms in total. The van der Waals surface area contributed by atoms with E-state index in [1.165, 1.54) is 0 Å². The number of nitrogens with zero attached hydrogens (tertiary/aromatic N) is 1. The molecule has 0 unspecified atom stereocenters. The summed E-state index contributed by atoms with van der Waals surface area (Å²) in [6, 6.07) is 0.365. The molecule has 0 aromatic carbocycles. The first-order chi connectivity index (χ1) is 6.43. The minimum absolute atomic E-state index is 0.365. The van der Waals surface area contributed by atoms with Gasteiger partial charge in [-0.15, -0.1) is 0 Å². The Labute approximate surface area is 81.1 Å². The van der Waals surface area contributed by atoms with Gasteiger partial charge in [0.1, 0.15) is 5.15 Å². The van der Waals surface area contributed by atoms with E-state index in [9.17, 15) is 18.0 Å². The predicted molar refractivity (Wildman–Crippen MR) is 41.1 cm³/mol. The smallest absolute Gasteiger partial charge is 0.357 e. The Kier molecular flexibility index (Phi) is 2.95. The molecule has 0 spiro atoms. The van der Waals surface area contributed by atoms with Crippen molar-refractivity contribution >= 4 is 17.6 Å². The summed E-state index contributed by atoms with van der Waals surface area (Å²) in [7, 11) is 0. The largest absolute Gasteiger partial charge is 0.476 e. The van der Waals surface area contributed by atoms with Crippen LogP contribution in [0.2, 0.25) is 5.15 Å². The number of hydrogen-bond acceptors (Lipinski definition) is 2. The van der Waals surface area contributed by atoms with Gasteiger partial charge >= 0.3 is 5.97 Å². The zero-order chi connectivity index (χ0) is 10.9. The number of pyridine rings is 1. The van der Waals surface area contributed by atoms with Crippen LogP contribution in [0.25, 0.3) is 0 Å². The molecule has 0 bridgehead atoms. The SMILES string of the molecule is O=C(O)c1nc(Cl)c(C(F)F)cc1F. The molecule has 14 heavy (non-hydrogen) atoms. The van der Waals surface area contributed by atoms with E-state index >= 15 is 0 Å². The lowest BCUT2D eigenvalue weighted by Gasteiger charge is -2.03. The third kappa shape index (κ3) is 1.95. The van der Waals surface area contributed by atoms with Gasteiger partial charge in [0.25, 0.3) is 6.43 Å². The molecule has 1 aromatic rings. The summed E-state index contributed by atoms with van der Waals surface area (Å²) in [6.45, 7) is 0. The molecule has 1 aromatic heterocycles. The van der Waals surface area contributed by atoms with Crippen molar-refractivity contribution in [2.45, 2.75) is 6.43 Å². The maximum Gasteiger partial charge on any atom is 0.357 e. The highest BCUT2D eigenvalue weighted by Crippen LogP contribution is 2.26. The lowest BCUT2D eigenvalue weighted by Crippen LogP contribution is -2.06. The van der Waals surface area contributed by atoms with E-state index in [0.29, 0.717) is 6.07 Å². The molecule has 0 saturated heterocycles. The van der Waals surface area contributed by atoms with Crippen molar-refractivity contribution in [1.82, 2.24) is 4.98 Å². The van der Waals surface area contributed by atoms with E-state index in [4.69, 9.17) is 16.7 Å². The van der Waals surface area contributed by atoms with Gasteiger partial charge in [-0.3, -0.25) is 0 Å². The second kappa shape index (κ2) is 3.83. The number of carbonyl (C=O) groups is 1. The molecule has 1 rings (SSSR count). The molecule has 0 atom stereocenters. The minimum Gasteiger partial charge on any atom is -0.476 e. The van der Waals surface area contributed by atoms with Crippen molar-refractivity contribution in [2.24, 2.45) is 0 Å². The van der Waals surface area contributed by atoms with Crippen LogP contribution in [0.1, 0.15) is 22.5 Å². The fourth-order valence-corrected chi connectivity index (χ4v) is 1.01. The second-order valence-corrected chi connectivity index (χ2v) is 2.66. The normalized spacial score (nSPS) is 10.6. The lowest BCUT2D eigenvalue weighted by molar-refractivity contribution is 0.0684. The fraction of sp³-hybridized carbons (Fsp3) is 0.143. The maximum atomic E-state index is 12.8. The summed E-state index contributed by atoms with van der Waals surface area (Å²) in [6.07, 6.45) is -2.99. The summed E-state index contributed by atoms with van der Waals surface area (Å²) >= 11 is 5.22. The van der Waals surface area contributed by atoms with Gasteiger partial charge in [-0.1, -0.05) is 11.6 Å². The Balaban J connectivity index is 3.31.